The van der Waals surface area contributed by atoms with Gasteiger partial charge in [-0.3, -0.25) is 0 Å². The molecule has 3 aromatic heterocycles. The molecule has 4 aromatic rings. The van der Waals surface area contributed by atoms with E-state index >= 15 is 0 Å². The monoisotopic (exact) mass is 459 g/mol. The number of H-pyrrole nitrogens is 1. The summed E-state index contributed by atoms with van der Waals surface area (Å²) in [5.74, 6) is 2.43. The van der Waals surface area contributed by atoms with Gasteiger partial charge in [-0.25, -0.2) is 0 Å². The van der Waals surface area contributed by atoms with Crippen LogP contribution in [-0.4, -0.2) is 46.5 Å². The van der Waals surface area contributed by atoms with Crippen LogP contribution in [0, 0.1) is 25.2 Å². The molecule has 10 heteroatoms. The fraction of sp³-hybridized carbons (Fsp3) is 0.333. The second-order valence-corrected chi connectivity index (χ2v) is 8.20. The average Bonchev–Trinajstić information content (AvgIpc) is 3.42. The van der Waals surface area contributed by atoms with Crippen LogP contribution in [0.3, 0.4) is 0 Å². The lowest BCUT2D eigenvalue weighted by Gasteiger charge is -2.24. The molecule has 3 N–H and O–H groups in total. The molecule has 0 saturated carbocycles. The van der Waals surface area contributed by atoms with Crippen LogP contribution in [0.5, 0.6) is 5.75 Å². The molecule has 0 bridgehead atoms. The van der Waals surface area contributed by atoms with Crippen LogP contribution in [0.2, 0.25) is 0 Å². The fourth-order valence-corrected chi connectivity index (χ4v) is 4.29. The summed E-state index contributed by atoms with van der Waals surface area (Å²) < 4.78 is 16.4. The zero-order chi connectivity index (χ0) is 23.7. The number of benzene rings is 1. The van der Waals surface area contributed by atoms with Gasteiger partial charge < -0.3 is 29.6 Å². The lowest BCUT2D eigenvalue weighted by atomic mass is 10.0. The topological polar surface area (TPSA) is 134 Å². The van der Waals surface area contributed by atoms with Crippen molar-refractivity contribution in [3.8, 4) is 22.9 Å². The summed E-state index contributed by atoms with van der Waals surface area (Å²) >= 11 is 0. The summed E-state index contributed by atoms with van der Waals surface area (Å²) in [5, 5.41) is 21.0. The predicted molar refractivity (Wildman–Crippen MR) is 127 cm³/mol. The van der Waals surface area contributed by atoms with Crippen LogP contribution in [0.1, 0.15) is 29.9 Å². The Morgan fingerprint density at radius 2 is 2.03 bits per heavy atom. The number of aromatic nitrogens is 4. The smallest absolute Gasteiger partial charge is 0.231 e. The number of nitrogens with zero attached hydrogens (tertiary/aromatic N) is 4. The van der Waals surface area contributed by atoms with Crippen LogP contribution in [0.4, 0.5) is 17.5 Å². The molecule has 1 fully saturated rings. The summed E-state index contributed by atoms with van der Waals surface area (Å²) in [6.07, 6.45) is 3.40. The summed E-state index contributed by atoms with van der Waals surface area (Å²) in [6.45, 7) is 5.18. The van der Waals surface area contributed by atoms with E-state index in [1.807, 2.05) is 32.0 Å². The predicted octanol–water partition coefficient (Wildman–Crippen LogP) is 4.44. The van der Waals surface area contributed by atoms with Crippen molar-refractivity contribution in [1.82, 2.24) is 20.1 Å². The molecule has 10 nitrogen and oxygen atoms in total. The van der Waals surface area contributed by atoms with E-state index in [-0.39, 0.29) is 6.04 Å². The number of hydrogen-bond acceptors (Lipinski definition) is 9. The summed E-state index contributed by atoms with van der Waals surface area (Å²) in [5.41, 5.74) is 4.46. The first-order valence-corrected chi connectivity index (χ1v) is 11.1. The van der Waals surface area contributed by atoms with Crippen LogP contribution in [0.15, 0.2) is 28.9 Å². The minimum atomic E-state index is 0.218. The van der Waals surface area contributed by atoms with Crippen LogP contribution in [0.25, 0.3) is 22.2 Å². The molecule has 0 amide bonds. The highest BCUT2D eigenvalue weighted by atomic mass is 16.5. The Labute approximate surface area is 196 Å². The molecule has 0 unspecified atom stereocenters. The zero-order valence-corrected chi connectivity index (χ0v) is 19.2. The van der Waals surface area contributed by atoms with Gasteiger partial charge in [-0.15, -0.1) is 0 Å². The van der Waals surface area contributed by atoms with Gasteiger partial charge in [-0.2, -0.15) is 15.2 Å². The van der Waals surface area contributed by atoms with Crippen LogP contribution in [-0.2, 0) is 4.74 Å². The molecule has 0 radical (unpaired) electrons. The number of ether oxygens (including phenoxy) is 2. The molecule has 0 aliphatic carbocycles. The first-order valence-electron chi connectivity index (χ1n) is 11.1. The minimum absolute atomic E-state index is 0.218. The van der Waals surface area contributed by atoms with E-state index in [0.29, 0.717) is 47.3 Å². The van der Waals surface area contributed by atoms with Gasteiger partial charge in [0.15, 0.2) is 0 Å². The molecule has 0 spiro atoms. The van der Waals surface area contributed by atoms with Crippen molar-refractivity contribution >= 4 is 28.5 Å². The maximum Gasteiger partial charge on any atom is 0.231 e. The highest BCUT2D eigenvalue weighted by Crippen LogP contribution is 2.37. The summed E-state index contributed by atoms with van der Waals surface area (Å²) in [6, 6.07) is 8.20. The van der Waals surface area contributed by atoms with E-state index in [1.165, 1.54) is 0 Å². The van der Waals surface area contributed by atoms with E-state index < -0.39 is 0 Å². The van der Waals surface area contributed by atoms with Gasteiger partial charge in [0.25, 0.3) is 0 Å². The first kappa shape index (κ1) is 21.7. The number of hydrogen-bond donors (Lipinski definition) is 3. The maximum absolute atomic E-state index is 9.55. The van der Waals surface area contributed by atoms with Crippen molar-refractivity contribution in [2.75, 3.05) is 31.0 Å². The Balaban J connectivity index is 1.49. The highest BCUT2D eigenvalue weighted by molar-refractivity contribution is 5.93. The Hall–Kier alpha value is -4.10. The van der Waals surface area contributed by atoms with E-state index in [9.17, 15) is 5.26 Å². The molecule has 0 atom stereocenters. The average molecular weight is 460 g/mol. The number of methoxy groups -OCH3 is 1. The summed E-state index contributed by atoms with van der Waals surface area (Å²) in [7, 11) is 1.63. The number of aromatic amines is 1. The van der Waals surface area contributed by atoms with E-state index in [0.717, 1.165) is 41.1 Å². The second kappa shape index (κ2) is 9.03. The molecule has 5 rings (SSSR count). The normalized spacial score (nSPS) is 14.2. The Morgan fingerprint density at radius 1 is 1.21 bits per heavy atom. The van der Waals surface area contributed by atoms with Crippen molar-refractivity contribution < 1.29 is 14.0 Å². The van der Waals surface area contributed by atoms with Gasteiger partial charge in [-0.1, -0.05) is 5.16 Å². The Kier molecular flexibility index (Phi) is 5.77. The minimum Gasteiger partial charge on any atom is -0.496 e. The molecule has 174 valence electrons. The van der Waals surface area contributed by atoms with Crippen molar-refractivity contribution in [2.45, 2.75) is 32.7 Å². The lowest BCUT2D eigenvalue weighted by molar-refractivity contribution is 0.0904. The van der Waals surface area contributed by atoms with E-state index in [1.54, 1.807) is 13.3 Å². The molecular formula is C24H25N7O3. The van der Waals surface area contributed by atoms with Crippen molar-refractivity contribution in [3.05, 3.63) is 41.4 Å². The van der Waals surface area contributed by atoms with Gasteiger partial charge in [0.1, 0.15) is 29.0 Å². The molecule has 1 aliphatic rings. The van der Waals surface area contributed by atoms with Crippen LogP contribution >= 0.6 is 0 Å². The molecule has 1 saturated heterocycles. The third kappa shape index (κ3) is 4.02. The number of nitriles is 1. The van der Waals surface area contributed by atoms with Gasteiger partial charge in [-0.05, 0) is 38.8 Å². The number of fused-ring (bicyclic) bond motifs is 1. The standard InChI is InChI=1S/C24H25N7O3/c1-13-20(14(2)34-31-13)18-5-4-17(10-19(18)32-3)28-24-29-22-21(15(11-25)12-26-22)23(30-24)27-16-6-8-33-9-7-16/h4-5,10,12,16H,6-9H2,1-3H3,(H3,26,27,28,29,30). The summed E-state index contributed by atoms with van der Waals surface area (Å²) in [4.78, 5) is 12.4. The van der Waals surface area contributed by atoms with Crippen molar-refractivity contribution in [2.24, 2.45) is 0 Å². The maximum atomic E-state index is 9.55. The third-order valence-corrected chi connectivity index (χ3v) is 5.97. The van der Waals surface area contributed by atoms with Gasteiger partial charge >= 0.3 is 0 Å². The number of aryl methyl sites for hydroxylation is 2. The third-order valence-electron chi connectivity index (χ3n) is 5.97. The number of anilines is 3. The Morgan fingerprint density at radius 3 is 2.74 bits per heavy atom. The molecule has 1 aliphatic heterocycles. The zero-order valence-electron chi connectivity index (χ0n) is 19.2. The molecule has 1 aromatic carbocycles. The quantitative estimate of drug-likeness (QED) is 0.382. The van der Waals surface area contributed by atoms with Gasteiger partial charge in [0.2, 0.25) is 5.95 Å². The van der Waals surface area contributed by atoms with Crippen LogP contribution < -0.4 is 15.4 Å². The van der Waals surface area contributed by atoms with Gasteiger partial charge in [0.05, 0.1) is 29.3 Å². The lowest BCUT2D eigenvalue weighted by Crippen LogP contribution is -2.28. The van der Waals surface area contributed by atoms with E-state index in [2.05, 4.69) is 31.8 Å². The largest absolute Gasteiger partial charge is 0.496 e. The SMILES string of the molecule is COc1cc(Nc2nc(NC3CCOCC3)c3c(C#N)c[nH]c3n2)ccc1-c1c(C)noc1C. The second-order valence-electron chi connectivity index (χ2n) is 8.20. The van der Waals surface area contributed by atoms with Crippen molar-refractivity contribution in [3.63, 3.8) is 0 Å². The van der Waals surface area contributed by atoms with Gasteiger partial charge in [0, 0.05) is 42.8 Å². The first-order chi connectivity index (χ1) is 16.6. The fourth-order valence-electron chi connectivity index (χ4n) is 4.29. The molecule has 4 heterocycles. The van der Waals surface area contributed by atoms with E-state index in [4.69, 9.17) is 19.0 Å². The number of rotatable bonds is 6. The molecule has 34 heavy (non-hydrogen) atoms. The van der Waals surface area contributed by atoms with Crippen molar-refractivity contribution in [1.29, 1.82) is 5.26 Å². The molecular weight excluding hydrogens is 434 g/mol. The Bertz CT molecular complexity index is 1360. The highest BCUT2D eigenvalue weighted by Gasteiger charge is 2.20. The number of nitrogens with one attached hydrogen (secondary N) is 3.